The molecule has 3 N–H and O–H groups in total. The van der Waals surface area contributed by atoms with Gasteiger partial charge in [-0.25, -0.2) is 0 Å². The van der Waals surface area contributed by atoms with Crippen LogP contribution in [0.4, 0.5) is 5.69 Å². The number of anilines is 1. The number of nitrogens with one attached hydrogen (secondary N) is 2. The fraction of sp³-hybridized carbons (Fsp3) is 0.533. The van der Waals surface area contributed by atoms with Crippen molar-refractivity contribution >= 4 is 11.6 Å². The van der Waals surface area contributed by atoms with Crippen molar-refractivity contribution in [3.05, 3.63) is 23.8 Å². The molecule has 2 rings (SSSR count). The van der Waals surface area contributed by atoms with Crippen LogP contribution in [-0.2, 0) is 11.4 Å². The summed E-state index contributed by atoms with van der Waals surface area (Å²) in [6, 6.07) is 5.35. The van der Waals surface area contributed by atoms with Crippen LogP contribution in [0, 0.1) is 5.92 Å². The van der Waals surface area contributed by atoms with Crippen LogP contribution >= 0.6 is 0 Å². The van der Waals surface area contributed by atoms with E-state index in [1.807, 2.05) is 6.92 Å². The normalized spacial score (nSPS) is 18.6. The van der Waals surface area contributed by atoms with Gasteiger partial charge in [-0.2, -0.15) is 0 Å². The zero-order valence-corrected chi connectivity index (χ0v) is 11.8. The molecule has 1 saturated heterocycles. The molecule has 20 heavy (non-hydrogen) atoms. The molecule has 1 atom stereocenters. The van der Waals surface area contributed by atoms with Crippen molar-refractivity contribution in [3.8, 4) is 5.75 Å². The van der Waals surface area contributed by atoms with Gasteiger partial charge in [-0.3, -0.25) is 4.79 Å². The van der Waals surface area contributed by atoms with Gasteiger partial charge in [0.05, 0.1) is 19.1 Å². The number of piperidine rings is 1. The molecule has 0 aromatic heterocycles. The van der Waals surface area contributed by atoms with E-state index in [1.54, 1.807) is 18.2 Å². The second-order valence-corrected chi connectivity index (χ2v) is 4.95. The first-order chi connectivity index (χ1) is 9.74. The van der Waals surface area contributed by atoms with Crippen LogP contribution in [0.5, 0.6) is 5.75 Å². The number of carbonyl (C=O) groups excluding carboxylic acids is 1. The Bertz CT molecular complexity index is 456. The van der Waals surface area contributed by atoms with Crippen LogP contribution in [-0.4, -0.2) is 30.7 Å². The standard InChI is InChI=1S/C15H22N2O3/c1-2-20-14-6-5-13(8-12(14)10-18)17-15(19)11-4-3-7-16-9-11/h5-6,8,11,16,18H,2-4,7,9-10H2,1H3,(H,17,19)/t11-/m1/s1. The molecule has 1 aromatic carbocycles. The smallest absolute Gasteiger partial charge is 0.228 e. The van der Waals surface area contributed by atoms with Gasteiger partial charge < -0.3 is 20.5 Å². The third-order valence-corrected chi connectivity index (χ3v) is 3.47. The third kappa shape index (κ3) is 3.71. The van der Waals surface area contributed by atoms with Gasteiger partial charge in [0.15, 0.2) is 0 Å². The topological polar surface area (TPSA) is 70.6 Å². The van der Waals surface area contributed by atoms with Crippen molar-refractivity contribution in [2.45, 2.75) is 26.4 Å². The van der Waals surface area contributed by atoms with Gasteiger partial charge >= 0.3 is 0 Å². The van der Waals surface area contributed by atoms with Crippen molar-refractivity contribution < 1.29 is 14.6 Å². The number of rotatable bonds is 5. The molecule has 5 heteroatoms. The predicted molar refractivity (Wildman–Crippen MR) is 77.8 cm³/mol. The second-order valence-electron chi connectivity index (χ2n) is 4.95. The SMILES string of the molecule is CCOc1ccc(NC(=O)[C@@H]2CCCNC2)cc1CO. The Balaban J connectivity index is 2.03. The number of ether oxygens (including phenoxy) is 1. The van der Waals surface area contributed by atoms with Crippen molar-refractivity contribution in [2.75, 3.05) is 25.0 Å². The van der Waals surface area contributed by atoms with Crippen LogP contribution in [0.1, 0.15) is 25.3 Å². The molecule has 1 aliphatic rings. The van der Waals surface area contributed by atoms with Crippen LogP contribution in [0.15, 0.2) is 18.2 Å². The molecule has 110 valence electrons. The number of carbonyl (C=O) groups is 1. The summed E-state index contributed by atoms with van der Waals surface area (Å²) in [5.41, 5.74) is 1.39. The van der Waals surface area contributed by atoms with Crippen LogP contribution in [0.25, 0.3) is 0 Å². The van der Waals surface area contributed by atoms with E-state index in [4.69, 9.17) is 4.74 Å². The summed E-state index contributed by atoms with van der Waals surface area (Å²) in [5.74, 6) is 0.713. The molecule has 1 aromatic rings. The van der Waals surface area contributed by atoms with E-state index in [1.165, 1.54) is 0 Å². The van der Waals surface area contributed by atoms with E-state index in [9.17, 15) is 9.90 Å². The van der Waals surface area contributed by atoms with Gasteiger partial charge in [0.1, 0.15) is 5.75 Å². The first-order valence-corrected chi connectivity index (χ1v) is 7.12. The molecular formula is C15H22N2O3. The molecule has 5 nitrogen and oxygen atoms in total. The van der Waals surface area contributed by atoms with Crippen molar-refractivity contribution in [3.63, 3.8) is 0 Å². The van der Waals surface area contributed by atoms with Crippen LogP contribution in [0.3, 0.4) is 0 Å². The number of aliphatic hydroxyl groups is 1. The summed E-state index contributed by atoms with van der Waals surface area (Å²) in [6.45, 7) is 4.06. The summed E-state index contributed by atoms with van der Waals surface area (Å²) in [7, 11) is 0. The van der Waals surface area contributed by atoms with E-state index in [-0.39, 0.29) is 18.4 Å². The lowest BCUT2D eigenvalue weighted by Crippen LogP contribution is -2.37. The predicted octanol–water partition coefficient (Wildman–Crippen LogP) is 1.52. The Hall–Kier alpha value is -1.59. The van der Waals surface area contributed by atoms with E-state index in [2.05, 4.69) is 10.6 Å². The minimum absolute atomic E-state index is 0.0212. The average Bonchev–Trinajstić information content (AvgIpc) is 2.50. The Labute approximate surface area is 119 Å². The fourth-order valence-electron chi connectivity index (χ4n) is 2.40. The monoisotopic (exact) mass is 278 g/mol. The Morgan fingerprint density at radius 3 is 3.05 bits per heavy atom. The average molecular weight is 278 g/mol. The van der Waals surface area contributed by atoms with Crippen LogP contribution in [0.2, 0.25) is 0 Å². The van der Waals surface area contributed by atoms with Crippen molar-refractivity contribution in [1.29, 1.82) is 0 Å². The zero-order valence-electron chi connectivity index (χ0n) is 11.8. The lowest BCUT2D eigenvalue weighted by molar-refractivity contribution is -0.120. The molecule has 1 aliphatic heterocycles. The van der Waals surface area contributed by atoms with Gasteiger partial charge in [-0.1, -0.05) is 0 Å². The molecule has 1 fully saturated rings. The van der Waals surface area contributed by atoms with E-state index in [0.717, 1.165) is 25.9 Å². The lowest BCUT2D eigenvalue weighted by Gasteiger charge is -2.22. The maximum Gasteiger partial charge on any atom is 0.228 e. The highest BCUT2D eigenvalue weighted by atomic mass is 16.5. The highest BCUT2D eigenvalue weighted by molar-refractivity contribution is 5.92. The Morgan fingerprint density at radius 2 is 2.40 bits per heavy atom. The quantitative estimate of drug-likeness (QED) is 0.763. The van der Waals surface area contributed by atoms with Gasteiger partial charge in [-0.15, -0.1) is 0 Å². The van der Waals surface area contributed by atoms with E-state index >= 15 is 0 Å². The summed E-state index contributed by atoms with van der Waals surface area (Å²) in [5, 5.41) is 15.5. The molecule has 1 heterocycles. The maximum absolute atomic E-state index is 12.1. The highest BCUT2D eigenvalue weighted by Crippen LogP contribution is 2.24. The number of benzene rings is 1. The van der Waals surface area contributed by atoms with Gasteiger partial charge in [0.2, 0.25) is 5.91 Å². The number of hydrogen-bond acceptors (Lipinski definition) is 4. The largest absolute Gasteiger partial charge is 0.494 e. The highest BCUT2D eigenvalue weighted by Gasteiger charge is 2.21. The molecular weight excluding hydrogens is 256 g/mol. The third-order valence-electron chi connectivity index (χ3n) is 3.47. The number of aliphatic hydroxyl groups excluding tert-OH is 1. The van der Waals surface area contributed by atoms with Crippen LogP contribution < -0.4 is 15.4 Å². The molecule has 0 unspecified atom stereocenters. The Kier molecular flexibility index (Phi) is 5.38. The van der Waals surface area contributed by atoms with Gasteiger partial charge in [0.25, 0.3) is 0 Å². The minimum Gasteiger partial charge on any atom is -0.494 e. The van der Waals surface area contributed by atoms with Gasteiger partial charge in [0, 0.05) is 17.8 Å². The van der Waals surface area contributed by atoms with E-state index < -0.39 is 0 Å². The van der Waals surface area contributed by atoms with Gasteiger partial charge in [-0.05, 0) is 44.5 Å². The number of hydrogen-bond donors (Lipinski definition) is 3. The maximum atomic E-state index is 12.1. The molecule has 0 saturated carbocycles. The summed E-state index contributed by atoms with van der Waals surface area (Å²) in [4.78, 5) is 12.1. The molecule has 0 bridgehead atoms. The van der Waals surface area contributed by atoms with Crippen molar-refractivity contribution in [2.24, 2.45) is 5.92 Å². The molecule has 0 spiro atoms. The minimum atomic E-state index is -0.107. The van der Waals surface area contributed by atoms with E-state index in [0.29, 0.717) is 23.6 Å². The lowest BCUT2D eigenvalue weighted by atomic mass is 9.98. The summed E-state index contributed by atoms with van der Waals surface area (Å²) < 4.78 is 5.42. The summed E-state index contributed by atoms with van der Waals surface area (Å²) >= 11 is 0. The fourth-order valence-corrected chi connectivity index (χ4v) is 2.40. The van der Waals surface area contributed by atoms with Crippen molar-refractivity contribution in [1.82, 2.24) is 5.32 Å². The summed E-state index contributed by atoms with van der Waals surface area (Å²) in [6.07, 6.45) is 1.95. The molecule has 1 amide bonds. The Morgan fingerprint density at radius 1 is 1.55 bits per heavy atom. The second kappa shape index (κ2) is 7.26. The first kappa shape index (κ1) is 14.8. The molecule has 0 radical (unpaired) electrons. The zero-order chi connectivity index (χ0) is 14.4. The molecule has 0 aliphatic carbocycles. The first-order valence-electron chi connectivity index (χ1n) is 7.12. The number of amides is 1.